The molecular weight excluding hydrogens is 401 g/mol. The second-order valence-electron chi connectivity index (χ2n) is 9.06. The van der Waals surface area contributed by atoms with Crippen LogP contribution in [0, 0.1) is 5.41 Å². The molecule has 3 nitrogen and oxygen atoms in total. The van der Waals surface area contributed by atoms with E-state index in [4.69, 9.17) is 0 Å². The summed E-state index contributed by atoms with van der Waals surface area (Å²) in [6.07, 6.45) is -1.78. The summed E-state index contributed by atoms with van der Waals surface area (Å²) in [5, 5.41) is 0. The summed E-state index contributed by atoms with van der Waals surface area (Å²) in [5.74, 6) is 0.619. The number of carbonyl (C=O) groups is 1. The number of piperidine rings is 1. The monoisotopic (exact) mass is 430 g/mol. The Morgan fingerprint density at radius 2 is 1.55 bits per heavy atom. The fraction of sp³-hybridized carbons (Fsp3) is 0.480. The van der Waals surface area contributed by atoms with Crippen molar-refractivity contribution in [3.8, 4) is 0 Å². The molecule has 0 bridgehead atoms. The van der Waals surface area contributed by atoms with E-state index in [1.54, 1.807) is 0 Å². The maximum absolute atomic E-state index is 13.2. The molecule has 0 saturated carbocycles. The zero-order valence-corrected chi connectivity index (χ0v) is 17.9. The van der Waals surface area contributed by atoms with Crippen LogP contribution >= 0.6 is 0 Å². The van der Waals surface area contributed by atoms with Gasteiger partial charge in [-0.2, -0.15) is 13.2 Å². The molecule has 1 amide bonds. The maximum atomic E-state index is 13.2. The van der Waals surface area contributed by atoms with Gasteiger partial charge < -0.3 is 9.80 Å². The summed E-state index contributed by atoms with van der Waals surface area (Å²) in [4.78, 5) is 17.5. The van der Waals surface area contributed by atoms with Gasteiger partial charge in [0.25, 0.3) is 0 Å². The number of halogens is 3. The van der Waals surface area contributed by atoms with Gasteiger partial charge in [0.1, 0.15) is 0 Å². The Kier molecular flexibility index (Phi) is 6.11. The molecule has 0 aromatic heterocycles. The highest BCUT2D eigenvalue weighted by Gasteiger charge is 2.48. The van der Waals surface area contributed by atoms with E-state index < -0.39 is 11.7 Å². The van der Waals surface area contributed by atoms with Crippen LogP contribution in [0.2, 0.25) is 0 Å². The molecule has 2 saturated heterocycles. The molecule has 2 aromatic rings. The highest BCUT2D eigenvalue weighted by Crippen LogP contribution is 2.42. The third-order valence-corrected chi connectivity index (χ3v) is 6.97. The van der Waals surface area contributed by atoms with Crippen LogP contribution in [0.1, 0.15) is 48.8 Å². The number of nitrogens with zero attached hydrogens (tertiary/aromatic N) is 2. The van der Waals surface area contributed by atoms with Gasteiger partial charge in [0.15, 0.2) is 0 Å². The average Bonchev–Trinajstić information content (AvgIpc) is 3.05. The summed E-state index contributed by atoms with van der Waals surface area (Å²) in [6, 6.07) is 15.6. The minimum atomic E-state index is -4.34. The lowest BCUT2D eigenvalue weighted by Crippen LogP contribution is -2.45. The summed E-state index contributed by atoms with van der Waals surface area (Å²) < 4.78 is 38.3. The minimum Gasteiger partial charge on any atom is -0.338 e. The predicted octanol–water partition coefficient (Wildman–Crippen LogP) is 5.32. The van der Waals surface area contributed by atoms with E-state index in [-0.39, 0.29) is 11.3 Å². The lowest BCUT2D eigenvalue weighted by atomic mass is 9.77. The van der Waals surface area contributed by atoms with Crippen molar-refractivity contribution in [2.75, 3.05) is 26.2 Å². The van der Waals surface area contributed by atoms with Crippen molar-refractivity contribution < 1.29 is 18.0 Å². The number of hydrogen-bond acceptors (Lipinski definition) is 2. The average molecular weight is 431 g/mol. The molecule has 0 radical (unpaired) electrons. The van der Waals surface area contributed by atoms with Crippen molar-refractivity contribution in [3.63, 3.8) is 0 Å². The molecule has 2 fully saturated rings. The van der Waals surface area contributed by atoms with Gasteiger partial charge in [-0.15, -0.1) is 0 Å². The number of likely N-dealkylation sites (tertiary alicyclic amines) is 2. The molecule has 0 N–H and O–H groups in total. The van der Waals surface area contributed by atoms with E-state index in [0.29, 0.717) is 19.0 Å². The highest BCUT2D eigenvalue weighted by molar-refractivity contribution is 5.85. The molecule has 6 heteroatoms. The first-order valence-corrected chi connectivity index (χ1v) is 11.0. The number of hydrogen-bond donors (Lipinski definition) is 0. The Morgan fingerprint density at radius 1 is 0.935 bits per heavy atom. The van der Waals surface area contributed by atoms with Crippen LogP contribution in [0.4, 0.5) is 13.2 Å². The number of amides is 1. The first-order chi connectivity index (χ1) is 14.8. The van der Waals surface area contributed by atoms with Gasteiger partial charge in [-0.05, 0) is 61.5 Å². The molecule has 4 rings (SSSR count). The third-order valence-electron chi connectivity index (χ3n) is 6.97. The molecule has 2 heterocycles. The Bertz CT molecular complexity index is 887. The number of benzene rings is 2. The SMILES string of the molecule is CC(CN1CCC2(CC1)CCN(Cc1ccc(C(F)(F)F)cc1)C2=O)c1ccccc1. The Balaban J connectivity index is 1.32. The third kappa shape index (κ3) is 4.79. The normalized spacial score (nSPS) is 20.4. The molecule has 2 aliphatic heterocycles. The van der Waals surface area contributed by atoms with E-state index in [1.165, 1.54) is 17.7 Å². The van der Waals surface area contributed by atoms with Crippen LogP contribution in [0.15, 0.2) is 54.6 Å². The quantitative estimate of drug-likeness (QED) is 0.641. The lowest BCUT2D eigenvalue weighted by Gasteiger charge is -2.39. The molecule has 31 heavy (non-hydrogen) atoms. The van der Waals surface area contributed by atoms with Crippen molar-refractivity contribution in [2.45, 2.75) is 44.8 Å². The van der Waals surface area contributed by atoms with Gasteiger partial charge >= 0.3 is 6.18 Å². The topological polar surface area (TPSA) is 23.6 Å². The Hall–Kier alpha value is -2.34. The number of alkyl halides is 3. The van der Waals surface area contributed by atoms with E-state index in [1.807, 2.05) is 11.0 Å². The van der Waals surface area contributed by atoms with Crippen molar-refractivity contribution >= 4 is 5.91 Å². The summed E-state index contributed by atoms with van der Waals surface area (Å²) in [6.45, 7) is 6.12. The standard InChI is InChI=1S/C25H29F3N2O/c1-19(21-5-3-2-4-6-21)17-29-14-11-24(12-15-29)13-16-30(23(24)31)18-20-7-9-22(10-8-20)25(26,27)28/h2-10,19H,11-18H2,1H3. The van der Waals surface area contributed by atoms with Crippen molar-refractivity contribution in [2.24, 2.45) is 5.41 Å². The van der Waals surface area contributed by atoms with Crippen LogP contribution in [0.3, 0.4) is 0 Å². The first kappa shape index (κ1) is 21.9. The van der Waals surface area contributed by atoms with Crippen LogP contribution in [-0.2, 0) is 17.5 Å². The number of rotatable bonds is 5. The molecule has 1 unspecified atom stereocenters. The van der Waals surface area contributed by atoms with E-state index in [9.17, 15) is 18.0 Å². The van der Waals surface area contributed by atoms with Gasteiger partial charge in [-0.3, -0.25) is 4.79 Å². The van der Waals surface area contributed by atoms with Crippen LogP contribution < -0.4 is 0 Å². The summed E-state index contributed by atoms with van der Waals surface area (Å²) >= 11 is 0. The maximum Gasteiger partial charge on any atom is 0.416 e. The number of carbonyl (C=O) groups excluding carboxylic acids is 1. The largest absolute Gasteiger partial charge is 0.416 e. The Labute approximate surface area is 181 Å². The van der Waals surface area contributed by atoms with Gasteiger partial charge in [-0.25, -0.2) is 0 Å². The fourth-order valence-electron chi connectivity index (χ4n) is 4.97. The fourth-order valence-corrected chi connectivity index (χ4v) is 4.97. The highest BCUT2D eigenvalue weighted by atomic mass is 19.4. The molecule has 2 aliphatic rings. The molecule has 0 aliphatic carbocycles. The van der Waals surface area contributed by atoms with Gasteiger partial charge in [0, 0.05) is 19.6 Å². The van der Waals surface area contributed by atoms with Crippen molar-refractivity contribution in [1.29, 1.82) is 0 Å². The van der Waals surface area contributed by atoms with E-state index >= 15 is 0 Å². The first-order valence-electron chi connectivity index (χ1n) is 11.0. The molecular formula is C25H29F3N2O. The summed E-state index contributed by atoms with van der Waals surface area (Å²) in [7, 11) is 0. The Morgan fingerprint density at radius 3 is 2.16 bits per heavy atom. The van der Waals surface area contributed by atoms with Gasteiger partial charge in [0.2, 0.25) is 5.91 Å². The van der Waals surface area contributed by atoms with E-state index in [2.05, 4.69) is 36.1 Å². The van der Waals surface area contributed by atoms with Gasteiger partial charge in [-0.1, -0.05) is 49.4 Å². The lowest BCUT2D eigenvalue weighted by molar-refractivity contribution is -0.139. The van der Waals surface area contributed by atoms with E-state index in [0.717, 1.165) is 56.6 Å². The second-order valence-corrected chi connectivity index (χ2v) is 9.06. The summed E-state index contributed by atoms with van der Waals surface area (Å²) in [5.41, 5.74) is 1.13. The smallest absolute Gasteiger partial charge is 0.338 e. The second kappa shape index (κ2) is 8.65. The van der Waals surface area contributed by atoms with Crippen LogP contribution in [0.25, 0.3) is 0 Å². The molecule has 2 aromatic carbocycles. The van der Waals surface area contributed by atoms with Crippen LogP contribution in [-0.4, -0.2) is 41.9 Å². The van der Waals surface area contributed by atoms with Crippen molar-refractivity contribution in [1.82, 2.24) is 9.80 Å². The zero-order chi connectivity index (χ0) is 22.1. The minimum absolute atomic E-state index is 0.170. The molecule has 1 atom stereocenters. The molecule has 1 spiro atoms. The predicted molar refractivity (Wildman–Crippen MR) is 114 cm³/mol. The van der Waals surface area contributed by atoms with Crippen LogP contribution in [0.5, 0.6) is 0 Å². The van der Waals surface area contributed by atoms with Crippen molar-refractivity contribution in [3.05, 3.63) is 71.3 Å². The zero-order valence-electron chi connectivity index (χ0n) is 17.9. The van der Waals surface area contributed by atoms with Gasteiger partial charge in [0.05, 0.1) is 11.0 Å². The molecule has 166 valence electrons.